The van der Waals surface area contributed by atoms with Gasteiger partial charge in [-0.15, -0.1) is 0 Å². The Morgan fingerprint density at radius 2 is 2.29 bits per heavy atom. The van der Waals surface area contributed by atoms with E-state index in [1.54, 1.807) is 6.07 Å². The Hall–Kier alpha value is -1.36. The molecule has 1 aromatic heterocycles. The molecular weight excluding hydrogens is 268 g/mol. The number of aromatic nitrogens is 1. The van der Waals surface area contributed by atoms with Gasteiger partial charge < -0.3 is 15.0 Å². The van der Waals surface area contributed by atoms with Crippen LogP contribution >= 0.6 is 0 Å². The third-order valence-corrected chi connectivity index (χ3v) is 4.04. The van der Waals surface area contributed by atoms with E-state index in [0.717, 1.165) is 18.5 Å². The predicted octanol–water partition coefficient (Wildman–Crippen LogP) is 2.82. The number of rotatable bonds is 5. The molecule has 1 fully saturated rings. The number of esters is 1. The molecule has 2 atom stereocenters. The van der Waals surface area contributed by atoms with Crippen LogP contribution in [0.1, 0.15) is 57.9 Å². The smallest absolute Gasteiger partial charge is 0.306 e. The number of carbonyl (C=O) groups excluding carboxylic acids is 1. The lowest BCUT2D eigenvalue weighted by Gasteiger charge is -2.38. The molecule has 0 bridgehead atoms. The molecular formula is C16H26N2O3. The van der Waals surface area contributed by atoms with Gasteiger partial charge in [-0.3, -0.25) is 4.79 Å². The monoisotopic (exact) mass is 294 g/mol. The fourth-order valence-electron chi connectivity index (χ4n) is 3.39. The molecule has 0 unspecified atom stereocenters. The van der Waals surface area contributed by atoms with Gasteiger partial charge in [0.15, 0.2) is 5.76 Å². The molecule has 1 heterocycles. The number of hydrogen-bond acceptors (Lipinski definition) is 5. The van der Waals surface area contributed by atoms with E-state index >= 15 is 0 Å². The fraction of sp³-hybridized carbons (Fsp3) is 0.750. The van der Waals surface area contributed by atoms with Gasteiger partial charge in [-0.1, -0.05) is 25.9 Å². The van der Waals surface area contributed by atoms with Crippen LogP contribution in [0.3, 0.4) is 0 Å². The molecule has 1 saturated carbocycles. The topological polar surface area (TPSA) is 78.4 Å². The van der Waals surface area contributed by atoms with Gasteiger partial charge in [0.25, 0.3) is 0 Å². The second-order valence-corrected chi connectivity index (χ2v) is 7.01. The van der Waals surface area contributed by atoms with E-state index in [-0.39, 0.29) is 17.5 Å². The molecule has 1 aromatic rings. The number of nitrogens with two attached hydrogens (primary N) is 1. The lowest BCUT2D eigenvalue weighted by Crippen LogP contribution is -2.34. The summed E-state index contributed by atoms with van der Waals surface area (Å²) in [5.74, 6) is 1.10. The van der Waals surface area contributed by atoms with Gasteiger partial charge in [0.1, 0.15) is 6.10 Å². The number of ether oxygens (including phenoxy) is 1. The van der Waals surface area contributed by atoms with Gasteiger partial charge in [0.05, 0.1) is 18.7 Å². The van der Waals surface area contributed by atoms with E-state index in [2.05, 4.69) is 25.9 Å². The zero-order chi connectivity index (χ0) is 15.5. The average Bonchev–Trinajstić information content (AvgIpc) is 2.81. The molecule has 0 saturated heterocycles. The Labute approximate surface area is 126 Å². The van der Waals surface area contributed by atoms with Gasteiger partial charge >= 0.3 is 5.97 Å². The van der Waals surface area contributed by atoms with Crippen molar-refractivity contribution < 1.29 is 14.1 Å². The molecule has 2 N–H and O–H groups in total. The van der Waals surface area contributed by atoms with Crippen molar-refractivity contribution in [1.82, 2.24) is 5.16 Å². The van der Waals surface area contributed by atoms with Crippen molar-refractivity contribution >= 4 is 5.97 Å². The zero-order valence-electron chi connectivity index (χ0n) is 13.2. The fourth-order valence-corrected chi connectivity index (χ4v) is 3.39. The first-order valence-corrected chi connectivity index (χ1v) is 7.72. The van der Waals surface area contributed by atoms with Crippen molar-refractivity contribution in [3.63, 3.8) is 0 Å². The molecule has 1 aliphatic carbocycles. The average molecular weight is 294 g/mol. The first-order valence-electron chi connectivity index (χ1n) is 7.72. The van der Waals surface area contributed by atoms with E-state index in [4.69, 9.17) is 15.0 Å². The van der Waals surface area contributed by atoms with Gasteiger partial charge in [0, 0.05) is 12.5 Å². The first-order chi connectivity index (χ1) is 9.88. The summed E-state index contributed by atoms with van der Waals surface area (Å²) >= 11 is 0. The molecule has 5 heteroatoms. The highest BCUT2D eigenvalue weighted by molar-refractivity contribution is 5.69. The van der Waals surface area contributed by atoms with Gasteiger partial charge in [-0.05, 0) is 30.6 Å². The summed E-state index contributed by atoms with van der Waals surface area (Å²) in [6, 6.07) is 1.79. The Morgan fingerprint density at radius 3 is 2.90 bits per heavy atom. The highest BCUT2D eigenvalue weighted by atomic mass is 16.5. The Bertz CT molecular complexity index is 482. The van der Waals surface area contributed by atoms with Crippen molar-refractivity contribution in [2.45, 2.75) is 65.5 Å². The van der Waals surface area contributed by atoms with Crippen molar-refractivity contribution in [2.24, 2.45) is 17.1 Å². The number of hydrogen-bond donors (Lipinski definition) is 1. The van der Waals surface area contributed by atoms with Crippen LogP contribution in [0.5, 0.6) is 0 Å². The molecule has 0 aliphatic heterocycles. The van der Waals surface area contributed by atoms with Gasteiger partial charge in [-0.2, -0.15) is 0 Å². The van der Waals surface area contributed by atoms with Crippen molar-refractivity contribution in [3.8, 4) is 0 Å². The summed E-state index contributed by atoms with van der Waals surface area (Å²) in [6.45, 7) is 7.04. The maximum Gasteiger partial charge on any atom is 0.306 e. The maximum absolute atomic E-state index is 12.0. The molecule has 0 aromatic carbocycles. The molecule has 118 valence electrons. The summed E-state index contributed by atoms with van der Waals surface area (Å²) in [7, 11) is 0. The van der Waals surface area contributed by atoms with Gasteiger partial charge in [-0.25, -0.2) is 0 Å². The van der Waals surface area contributed by atoms with Crippen molar-refractivity contribution in [1.29, 1.82) is 0 Å². The Kier molecular flexibility index (Phi) is 5.04. The maximum atomic E-state index is 12.0. The number of nitrogens with zero attached hydrogens (tertiary/aromatic N) is 1. The molecule has 5 nitrogen and oxygen atoms in total. The highest BCUT2D eigenvalue weighted by Gasteiger charge is 2.33. The van der Waals surface area contributed by atoms with E-state index in [0.29, 0.717) is 31.1 Å². The molecule has 0 amide bonds. The summed E-state index contributed by atoms with van der Waals surface area (Å²) in [6.07, 6.45) is 4.03. The second kappa shape index (κ2) is 6.60. The van der Waals surface area contributed by atoms with Crippen LogP contribution in [0.2, 0.25) is 0 Å². The van der Waals surface area contributed by atoms with Crippen LogP contribution in [-0.2, 0) is 22.5 Å². The van der Waals surface area contributed by atoms with Crippen LogP contribution in [0.4, 0.5) is 0 Å². The minimum Gasteiger partial charge on any atom is -0.462 e. The van der Waals surface area contributed by atoms with E-state index in [1.807, 2.05) is 0 Å². The lowest BCUT2D eigenvalue weighted by atomic mass is 9.71. The molecule has 21 heavy (non-hydrogen) atoms. The Balaban J connectivity index is 1.78. The first kappa shape index (κ1) is 16.0. The summed E-state index contributed by atoms with van der Waals surface area (Å²) < 4.78 is 10.6. The summed E-state index contributed by atoms with van der Waals surface area (Å²) in [5, 5.41) is 3.88. The second-order valence-electron chi connectivity index (χ2n) is 7.01. The van der Waals surface area contributed by atoms with E-state index < -0.39 is 0 Å². The zero-order valence-corrected chi connectivity index (χ0v) is 13.2. The molecule has 2 rings (SSSR count). The lowest BCUT2D eigenvalue weighted by molar-refractivity contribution is -0.153. The number of carbonyl (C=O) groups is 1. The molecule has 0 spiro atoms. The summed E-state index contributed by atoms with van der Waals surface area (Å²) in [4.78, 5) is 12.0. The molecule has 1 aliphatic rings. The summed E-state index contributed by atoms with van der Waals surface area (Å²) in [5.41, 5.74) is 6.46. The van der Waals surface area contributed by atoms with Gasteiger partial charge in [0.2, 0.25) is 0 Å². The number of aryl methyl sites for hydroxylation is 1. The standard InChI is InChI=1S/C16H26N2O3/c1-11-6-13(9-16(2,3)8-11)20-15(19)5-4-12-7-14(10-17)21-18-12/h7,11,13H,4-6,8-10,17H2,1-3H3/t11-,13+/m0/s1. The quantitative estimate of drug-likeness (QED) is 0.845. The van der Waals surface area contributed by atoms with Crippen molar-refractivity contribution in [3.05, 3.63) is 17.5 Å². The largest absolute Gasteiger partial charge is 0.462 e. The molecule has 0 radical (unpaired) electrons. The third kappa shape index (κ3) is 4.84. The third-order valence-electron chi connectivity index (χ3n) is 4.04. The van der Waals surface area contributed by atoms with Crippen LogP contribution in [0.15, 0.2) is 10.6 Å². The van der Waals surface area contributed by atoms with E-state index in [9.17, 15) is 4.79 Å². The SMILES string of the molecule is C[C@H]1C[C@@H](OC(=O)CCc2cc(CN)on2)CC(C)(C)C1. The minimum atomic E-state index is -0.151. The van der Waals surface area contributed by atoms with Crippen LogP contribution in [0.25, 0.3) is 0 Å². The Morgan fingerprint density at radius 1 is 1.52 bits per heavy atom. The van der Waals surface area contributed by atoms with Crippen LogP contribution < -0.4 is 5.73 Å². The van der Waals surface area contributed by atoms with Crippen LogP contribution in [-0.4, -0.2) is 17.2 Å². The normalized spacial score (nSPS) is 24.8. The van der Waals surface area contributed by atoms with Crippen LogP contribution in [0, 0.1) is 11.3 Å². The highest BCUT2D eigenvalue weighted by Crippen LogP contribution is 2.39. The predicted molar refractivity (Wildman–Crippen MR) is 79.4 cm³/mol. The van der Waals surface area contributed by atoms with E-state index in [1.165, 1.54) is 6.42 Å². The van der Waals surface area contributed by atoms with Crippen molar-refractivity contribution in [2.75, 3.05) is 0 Å². The minimum absolute atomic E-state index is 0.0492.